The van der Waals surface area contributed by atoms with Gasteiger partial charge in [0, 0.05) is 38.3 Å². The standard InChI is InChI=1S/C23H35N3O/c1-22(2)19-9-10-20(15-19)23(22,3)24-21(27)17-26-13-11-25(12-14-26)16-18-7-5-4-6-8-18/h4-8,19-20H,9-17H2,1-3H3,(H,24,27)/t19-,20+,23+/m0/s1. The van der Waals surface area contributed by atoms with Gasteiger partial charge in [0.15, 0.2) is 0 Å². The van der Waals surface area contributed by atoms with Crippen LogP contribution in [-0.2, 0) is 11.3 Å². The van der Waals surface area contributed by atoms with Crippen molar-refractivity contribution in [2.45, 2.75) is 52.1 Å². The first-order valence-electron chi connectivity index (χ1n) is 10.7. The average Bonchev–Trinajstić information content (AvgIpc) is 3.20. The van der Waals surface area contributed by atoms with Crippen LogP contribution in [0.3, 0.4) is 0 Å². The van der Waals surface area contributed by atoms with Crippen molar-refractivity contribution in [1.29, 1.82) is 0 Å². The van der Waals surface area contributed by atoms with Crippen molar-refractivity contribution in [3.05, 3.63) is 35.9 Å². The molecule has 148 valence electrons. The van der Waals surface area contributed by atoms with Gasteiger partial charge in [-0.05, 0) is 49.0 Å². The Bertz CT molecular complexity index is 665. The highest BCUT2D eigenvalue weighted by Gasteiger charge is 2.60. The normalized spacial score (nSPS) is 33.3. The van der Waals surface area contributed by atoms with Gasteiger partial charge in [-0.3, -0.25) is 14.6 Å². The van der Waals surface area contributed by atoms with E-state index in [1.807, 2.05) is 0 Å². The van der Waals surface area contributed by atoms with E-state index < -0.39 is 0 Å². The number of nitrogens with one attached hydrogen (secondary N) is 1. The second kappa shape index (κ2) is 7.21. The molecule has 3 atom stereocenters. The Labute approximate surface area is 164 Å². The molecule has 3 aliphatic rings. The Kier molecular flexibility index (Phi) is 5.06. The minimum Gasteiger partial charge on any atom is -0.349 e. The van der Waals surface area contributed by atoms with Crippen molar-refractivity contribution in [3.8, 4) is 0 Å². The van der Waals surface area contributed by atoms with Crippen molar-refractivity contribution in [1.82, 2.24) is 15.1 Å². The zero-order chi connectivity index (χ0) is 19.1. The molecule has 0 aromatic heterocycles. The topological polar surface area (TPSA) is 35.6 Å². The van der Waals surface area contributed by atoms with Gasteiger partial charge in [0.2, 0.25) is 5.91 Å². The average molecular weight is 370 g/mol. The molecule has 4 nitrogen and oxygen atoms in total. The van der Waals surface area contributed by atoms with Gasteiger partial charge in [0.1, 0.15) is 0 Å². The summed E-state index contributed by atoms with van der Waals surface area (Å²) >= 11 is 0. The number of hydrogen-bond acceptors (Lipinski definition) is 3. The molecule has 1 aromatic rings. The lowest BCUT2D eigenvalue weighted by atomic mass is 9.64. The maximum absolute atomic E-state index is 12.8. The molecule has 0 spiro atoms. The summed E-state index contributed by atoms with van der Waals surface area (Å²) in [5, 5.41) is 3.48. The maximum atomic E-state index is 12.8. The monoisotopic (exact) mass is 369 g/mol. The quantitative estimate of drug-likeness (QED) is 0.866. The van der Waals surface area contributed by atoms with E-state index in [1.54, 1.807) is 0 Å². The summed E-state index contributed by atoms with van der Waals surface area (Å²) < 4.78 is 0. The van der Waals surface area contributed by atoms with Gasteiger partial charge in [-0.25, -0.2) is 0 Å². The smallest absolute Gasteiger partial charge is 0.234 e. The number of carbonyl (C=O) groups excluding carboxylic acids is 1. The summed E-state index contributed by atoms with van der Waals surface area (Å²) in [7, 11) is 0. The predicted molar refractivity (Wildman–Crippen MR) is 109 cm³/mol. The molecule has 0 radical (unpaired) electrons. The Morgan fingerprint density at radius 1 is 1.00 bits per heavy atom. The predicted octanol–water partition coefficient (Wildman–Crippen LogP) is 3.14. The molecule has 3 fully saturated rings. The van der Waals surface area contributed by atoms with Crippen molar-refractivity contribution in [3.63, 3.8) is 0 Å². The van der Waals surface area contributed by atoms with Crippen LogP contribution in [0.4, 0.5) is 0 Å². The number of hydrogen-bond donors (Lipinski definition) is 1. The third kappa shape index (κ3) is 3.54. The number of benzene rings is 1. The van der Waals surface area contributed by atoms with Gasteiger partial charge in [-0.15, -0.1) is 0 Å². The van der Waals surface area contributed by atoms with E-state index in [0.717, 1.165) is 38.6 Å². The Hall–Kier alpha value is -1.39. The molecule has 1 amide bonds. The molecule has 1 heterocycles. The lowest BCUT2D eigenvalue weighted by Gasteiger charge is -2.48. The van der Waals surface area contributed by atoms with Gasteiger partial charge in [0.05, 0.1) is 6.54 Å². The zero-order valence-corrected chi connectivity index (χ0v) is 17.2. The fraction of sp³-hybridized carbons (Fsp3) is 0.696. The molecule has 4 rings (SSSR count). The lowest BCUT2D eigenvalue weighted by molar-refractivity contribution is -0.127. The van der Waals surface area contributed by atoms with Crippen molar-refractivity contribution < 1.29 is 4.79 Å². The summed E-state index contributed by atoms with van der Waals surface area (Å²) in [5.41, 5.74) is 1.54. The van der Waals surface area contributed by atoms with Crippen LogP contribution in [0, 0.1) is 17.3 Å². The molecule has 1 aliphatic heterocycles. The molecule has 27 heavy (non-hydrogen) atoms. The summed E-state index contributed by atoms with van der Waals surface area (Å²) in [6.07, 6.45) is 3.91. The van der Waals surface area contributed by atoms with E-state index in [4.69, 9.17) is 0 Å². The molecular weight excluding hydrogens is 334 g/mol. The van der Waals surface area contributed by atoms with Crippen LogP contribution in [0.1, 0.15) is 45.6 Å². The van der Waals surface area contributed by atoms with Crippen LogP contribution in [-0.4, -0.2) is 54.0 Å². The summed E-state index contributed by atoms with van der Waals surface area (Å²) in [6.45, 7) is 12.6. The molecule has 0 unspecified atom stereocenters. The number of nitrogens with zero attached hydrogens (tertiary/aromatic N) is 2. The van der Waals surface area contributed by atoms with E-state index in [0.29, 0.717) is 12.5 Å². The fourth-order valence-corrected chi connectivity index (χ4v) is 5.85. The molecule has 2 bridgehead atoms. The first kappa shape index (κ1) is 18.9. The number of piperazine rings is 1. The van der Waals surface area contributed by atoms with E-state index in [1.165, 1.54) is 24.8 Å². The molecule has 1 N–H and O–H groups in total. The summed E-state index contributed by atoms with van der Waals surface area (Å²) in [6, 6.07) is 10.7. The highest BCUT2D eigenvalue weighted by molar-refractivity contribution is 5.79. The third-order valence-electron chi connectivity index (χ3n) is 8.09. The van der Waals surface area contributed by atoms with Gasteiger partial charge in [-0.1, -0.05) is 44.2 Å². The number of fused-ring (bicyclic) bond motifs is 2. The maximum Gasteiger partial charge on any atom is 0.234 e. The van der Waals surface area contributed by atoms with E-state index in [2.05, 4.69) is 66.2 Å². The SMILES string of the molecule is CC1(C)[C@H]2CC[C@H](C2)[C@@]1(C)NC(=O)CN1CCN(Cc2ccccc2)CC1. The van der Waals surface area contributed by atoms with Crippen LogP contribution in [0.15, 0.2) is 30.3 Å². The van der Waals surface area contributed by atoms with Crippen LogP contribution in [0.2, 0.25) is 0 Å². The molecule has 2 aliphatic carbocycles. The van der Waals surface area contributed by atoms with E-state index >= 15 is 0 Å². The van der Waals surface area contributed by atoms with Gasteiger partial charge in [0.25, 0.3) is 0 Å². The van der Waals surface area contributed by atoms with Gasteiger partial charge >= 0.3 is 0 Å². The fourth-order valence-electron chi connectivity index (χ4n) is 5.85. The van der Waals surface area contributed by atoms with Crippen LogP contribution in [0.5, 0.6) is 0 Å². The number of amides is 1. The Morgan fingerprint density at radius 3 is 2.26 bits per heavy atom. The largest absolute Gasteiger partial charge is 0.349 e. The Morgan fingerprint density at radius 2 is 1.63 bits per heavy atom. The molecule has 1 saturated heterocycles. The minimum atomic E-state index is -0.0396. The van der Waals surface area contributed by atoms with Crippen molar-refractivity contribution in [2.75, 3.05) is 32.7 Å². The van der Waals surface area contributed by atoms with E-state index in [9.17, 15) is 4.79 Å². The number of carbonyl (C=O) groups is 1. The van der Waals surface area contributed by atoms with Gasteiger partial charge < -0.3 is 5.32 Å². The van der Waals surface area contributed by atoms with E-state index in [-0.39, 0.29) is 16.9 Å². The number of rotatable bonds is 5. The second-order valence-corrected chi connectivity index (χ2v) is 9.72. The highest BCUT2D eigenvalue weighted by Crippen LogP contribution is 2.61. The zero-order valence-electron chi connectivity index (χ0n) is 17.2. The Balaban J connectivity index is 1.26. The van der Waals surface area contributed by atoms with Crippen LogP contribution < -0.4 is 5.32 Å². The second-order valence-electron chi connectivity index (χ2n) is 9.72. The summed E-state index contributed by atoms with van der Waals surface area (Å²) in [5.74, 6) is 1.65. The van der Waals surface area contributed by atoms with Gasteiger partial charge in [-0.2, -0.15) is 0 Å². The molecule has 2 saturated carbocycles. The van der Waals surface area contributed by atoms with Crippen molar-refractivity contribution in [2.24, 2.45) is 17.3 Å². The van der Waals surface area contributed by atoms with Crippen LogP contribution >= 0.6 is 0 Å². The first-order valence-corrected chi connectivity index (χ1v) is 10.7. The van der Waals surface area contributed by atoms with Crippen molar-refractivity contribution >= 4 is 5.91 Å². The third-order valence-corrected chi connectivity index (χ3v) is 8.09. The lowest BCUT2D eigenvalue weighted by Crippen LogP contribution is -2.61. The molecule has 1 aromatic carbocycles. The van der Waals surface area contributed by atoms with Crippen LogP contribution in [0.25, 0.3) is 0 Å². The summed E-state index contributed by atoms with van der Waals surface area (Å²) in [4.78, 5) is 17.7. The molecular formula is C23H35N3O. The first-order chi connectivity index (χ1) is 12.9. The minimum absolute atomic E-state index is 0.0396. The highest BCUT2D eigenvalue weighted by atomic mass is 16.2. The molecule has 4 heteroatoms.